The average molecular weight is 297 g/mol. The molecule has 0 bridgehead atoms. The summed E-state index contributed by atoms with van der Waals surface area (Å²) >= 11 is 1.47. The van der Waals surface area contributed by atoms with Crippen molar-refractivity contribution in [3.05, 3.63) is 40.9 Å². The van der Waals surface area contributed by atoms with Crippen LogP contribution in [-0.4, -0.2) is 9.97 Å². The van der Waals surface area contributed by atoms with Gasteiger partial charge in [-0.05, 0) is 25.1 Å². The van der Waals surface area contributed by atoms with E-state index in [4.69, 9.17) is 10.7 Å². The fourth-order valence-electron chi connectivity index (χ4n) is 2.35. The van der Waals surface area contributed by atoms with E-state index in [1.807, 2.05) is 5.38 Å². The second-order valence-corrected chi connectivity index (χ2v) is 7.29. The normalized spacial score (nSPS) is 12.0. The van der Waals surface area contributed by atoms with Crippen molar-refractivity contribution in [2.24, 2.45) is 0 Å². The monoisotopic (exact) mass is 297 g/mol. The maximum Gasteiger partial charge on any atom is 0.180 e. The second-order valence-electron chi connectivity index (χ2n) is 6.40. The topological polar surface area (TPSA) is 51.8 Å². The SMILES string of the molecule is Cc1ccc2nc(C(C)(C)C)cc(-c3csc(N)n3)c2c1. The number of benzene rings is 1. The minimum Gasteiger partial charge on any atom is -0.375 e. The molecule has 0 spiro atoms. The first-order valence-corrected chi connectivity index (χ1v) is 7.86. The summed E-state index contributed by atoms with van der Waals surface area (Å²) in [4.78, 5) is 9.28. The van der Waals surface area contributed by atoms with E-state index in [9.17, 15) is 0 Å². The molecule has 2 aromatic heterocycles. The molecule has 2 heterocycles. The Labute approximate surface area is 128 Å². The van der Waals surface area contributed by atoms with Crippen LogP contribution in [0.5, 0.6) is 0 Å². The lowest BCUT2D eigenvalue weighted by Crippen LogP contribution is -2.13. The third kappa shape index (κ3) is 2.63. The number of thiazole rings is 1. The Bertz CT molecular complexity index is 813. The largest absolute Gasteiger partial charge is 0.375 e. The molecule has 108 valence electrons. The van der Waals surface area contributed by atoms with E-state index in [0.717, 1.165) is 27.9 Å². The number of nitrogens with two attached hydrogens (primary N) is 1. The molecule has 1 aromatic carbocycles. The quantitative estimate of drug-likeness (QED) is 0.717. The third-order valence-electron chi connectivity index (χ3n) is 3.53. The molecule has 0 aliphatic carbocycles. The molecule has 3 aromatic rings. The van der Waals surface area contributed by atoms with E-state index in [0.29, 0.717) is 5.13 Å². The molecule has 2 N–H and O–H groups in total. The van der Waals surface area contributed by atoms with E-state index in [2.05, 4.69) is 56.9 Å². The van der Waals surface area contributed by atoms with Gasteiger partial charge >= 0.3 is 0 Å². The Morgan fingerprint density at radius 2 is 1.86 bits per heavy atom. The molecule has 3 nitrogen and oxygen atoms in total. The van der Waals surface area contributed by atoms with Gasteiger partial charge in [0.15, 0.2) is 5.13 Å². The summed E-state index contributed by atoms with van der Waals surface area (Å²) in [6.07, 6.45) is 0. The molecule has 0 saturated heterocycles. The number of hydrogen-bond donors (Lipinski definition) is 1. The van der Waals surface area contributed by atoms with Crippen molar-refractivity contribution in [2.45, 2.75) is 33.1 Å². The van der Waals surface area contributed by atoms with Crippen LogP contribution in [-0.2, 0) is 5.41 Å². The van der Waals surface area contributed by atoms with Gasteiger partial charge in [-0.15, -0.1) is 11.3 Å². The van der Waals surface area contributed by atoms with Crippen molar-refractivity contribution in [3.63, 3.8) is 0 Å². The van der Waals surface area contributed by atoms with Crippen LogP contribution in [0.15, 0.2) is 29.6 Å². The third-order valence-corrected chi connectivity index (χ3v) is 4.20. The zero-order chi connectivity index (χ0) is 15.2. The van der Waals surface area contributed by atoms with Gasteiger partial charge in [0.05, 0.1) is 11.2 Å². The molecule has 0 unspecified atom stereocenters. The smallest absolute Gasteiger partial charge is 0.180 e. The Hall–Kier alpha value is -1.94. The number of nitrogen functional groups attached to an aromatic ring is 1. The van der Waals surface area contributed by atoms with Gasteiger partial charge < -0.3 is 5.73 Å². The summed E-state index contributed by atoms with van der Waals surface area (Å²) in [5.41, 5.74) is 11.1. The Morgan fingerprint density at radius 3 is 2.48 bits per heavy atom. The van der Waals surface area contributed by atoms with Crippen molar-refractivity contribution in [1.82, 2.24) is 9.97 Å². The summed E-state index contributed by atoms with van der Waals surface area (Å²) < 4.78 is 0. The molecule has 0 aliphatic rings. The number of aromatic nitrogens is 2. The molecular formula is C17H19N3S. The predicted molar refractivity (Wildman–Crippen MR) is 90.7 cm³/mol. The van der Waals surface area contributed by atoms with Crippen LogP contribution < -0.4 is 5.73 Å². The fourth-order valence-corrected chi connectivity index (χ4v) is 2.91. The number of nitrogens with zero attached hydrogens (tertiary/aromatic N) is 2. The molecule has 21 heavy (non-hydrogen) atoms. The van der Waals surface area contributed by atoms with Crippen molar-refractivity contribution < 1.29 is 0 Å². The maximum atomic E-state index is 5.81. The van der Waals surface area contributed by atoms with Crippen LogP contribution in [0.2, 0.25) is 0 Å². The van der Waals surface area contributed by atoms with Crippen LogP contribution in [0.4, 0.5) is 5.13 Å². The summed E-state index contributed by atoms with van der Waals surface area (Å²) in [7, 11) is 0. The van der Waals surface area contributed by atoms with Gasteiger partial charge in [-0.25, -0.2) is 4.98 Å². The molecule has 0 fully saturated rings. The highest BCUT2D eigenvalue weighted by Crippen LogP contribution is 2.33. The highest BCUT2D eigenvalue weighted by Gasteiger charge is 2.19. The minimum atomic E-state index is -0.00457. The summed E-state index contributed by atoms with van der Waals surface area (Å²) in [6, 6.07) is 8.50. The van der Waals surface area contributed by atoms with Crippen LogP contribution in [0, 0.1) is 6.92 Å². The van der Waals surface area contributed by atoms with Gasteiger partial charge in [-0.2, -0.15) is 0 Å². The van der Waals surface area contributed by atoms with Gasteiger partial charge in [-0.3, -0.25) is 4.98 Å². The molecule has 0 radical (unpaired) electrons. The van der Waals surface area contributed by atoms with Crippen LogP contribution in [0.25, 0.3) is 22.2 Å². The number of anilines is 1. The number of aryl methyl sites for hydroxylation is 1. The summed E-state index contributed by atoms with van der Waals surface area (Å²) in [5.74, 6) is 0. The van der Waals surface area contributed by atoms with E-state index >= 15 is 0 Å². The first-order chi connectivity index (χ1) is 9.84. The maximum absolute atomic E-state index is 5.81. The first kappa shape index (κ1) is 14.0. The minimum absolute atomic E-state index is 0.00457. The number of rotatable bonds is 1. The fraction of sp³-hybridized carbons (Fsp3) is 0.294. The van der Waals surface area contributed by atoms with E-state index < -0.39 is 0 Å². The van der Waals surface area contributed by atoms with Gasteiger partial charge in [0.25, 0.3) is 0 Å². The van der Waals surface area contributed by atoms with Gasteiger partial charge in [0.1, 0.15) is 0 Å². The molecule has 0 atom stereocenters. The number of pyridine rings is 1. The Morgan fingerprint density at radius 1 is 1.10 bits per heavy atom. The molecular weight excluding hydrogens is 278 g/mol. The molecule has 3 rings (SSSR count). The van der Waals surface area contributed by atoms with E-state index in [1.165, 1.54) is 16.9 Å². The second kappa shape index (κ2) is 4.81. The van der Waals surface area contributed by atoms with E-state index in [-0.39, 0.29) is 5.41 Å². The number of fused-ring (bicyclic) bond motifs is 1. The zero-order valence-electron chi connectivity index (χ0n) is 12.8. The van der Waals surface area contributed by atoms with Crippen LogP contribution in [0.3, 0.4) is 0 Å². The number of hydrogen-bond acceptors (Lipinski definition) is 4. The first-order valence-electron chi connectivity index (χ1n) is 6.98. The lowest BCUT2D eigenvalue weighted by molar-refractivity contribution is 0.572. The standard InChI is InChI=1S/C17H19N3S/c1-10-5-6-13-11(7-10)12(14-9-21-16(18)20-14)8-15(19-13)17(2,3)4/h5-9H,1-4H3,(H2,18,20). The van der Waals surface area contributed by atoms with Crippen molar-refractivity contribution in [3.8, 4) is 11.3 Å². The molecule has 0 amide bonds. The lowest BCUT2D eigenvalue weighted by Gasteiger charge is -2.20. The van der Waals surface area contributed by atoms with E-state index in [1.54, 1.807) is 0 Å². The van der Waals surface area contributed by atoms with Crippen molar-refractivity contribution >= 4 is 27.4 Å². The predicted octanol–water partition coefficient (Wildman–Crippen LogP) is 4.55. The highest BCUT2D eigenvalue weighted by molar-refractivity contribution is 7.13. The lowest BCUT2D eigenvalue weighted by atomic mass is 9.89. The zero-order valence-corrected chi connectivity index (χ0v) is 13.6. The van der Waals surface area contributed by atoms with Crippen molar-refractivity contribution in [2.75, 3.05) is 5.73 Å². The Balaban J connectivity index is 2.36. The summed E-state index contributed by atoms with van der Waals surface area (Å²) in [6.45, 7) is 8.62. The van der Waals surface area contributed by atoms with Crippen molar-refractivity contribution in [1.29, 1.82) is 0 Å². The van der Waals surface area contributed by atoms with Gasteiger partial charge in [0.2, 0.25) is 0 Å². The Kier molecular flexibility index (Phi) is 3.21. The van der Waals surface area contributed by atoms with Gasteiger partial charge in [0, 0.05) is 27.4 Å². The summed E-state index contributed by atoms with van der Waals surface area (Å²) in [5, 5.41) is 3.74. The molecule has 0 saturated carbocycles. The molecule has 0 aliphatic heterocycles. The molecule has 4 heteroatoms. The average Bonchev–Trinajstić information content (AvgIpc) is 2.83. The van der Waals surface area contributed by atoms with Crippen LogP contribution in [0.1, 0.15) is 32.0 Å². The van der Waals surface area contributed by atoms with Gasteiger partial charge in [-0.1, -0.05) is 32.4 Å². The highest BCUT2D eigenvalue weighted by atomic mass is 32.1. The van der Waals surface area contributed by atoms with Crippen LogP contribution >= 0.6 is 11.3 Å².